The smallest absolute Gasteiger partial charge is 0.302 e. The molecule has 0 amide bonds. The third-order valence-electron chi connectivity index (χ3n) is 1.70. The largest absolute Gasteiger partial charge is 0.466 e. The van der Waals surface area contributed by atoms with Crippen LogP contribution in [-0.4, -0.2) is 12.6 Å². The number of rotatable bonds is 4. The van der Waals surface area contributed by atoms with Crippen LogP contribution in [0.15, 0.2) is 36.4 Å². The van der Waals surface area contributed by atoms with Gasteiger partial charge in [-0.3, -0.25) is 4.79 Å². The molecular formula is C12H14O2. The molecule has 0 spiro atoms. The van der Waals surface area contributed by atoms with E-state index in [0.29, 0.717) is 6.61 Å². The lowest BCUT2D eigenvalue weighted by Crippen LogP contribution is -1.98. The van der Waals surface area contributed by atoms with E-state index in [2.05, 4.69) is 0 Å². The molecule has 0 saturated carbocycles. The molecule has 2 nitrogen and oxygen atoms in total. The third kappa shape index (κ3) is 4.45. The Balaban J connectivity index is 2.25. The molecule has 0 aliphatic carbocycles. The Labute approximate surface area is 84.2 Å². The van der Waals surface area contributed by atoms with E-state index in [0.717, 1.165) is 12.0 Å². The molecule has 1 aromatic carbocycles. The molecule has 0 unspecified atom stereocenters. The number of carbonyl (C=O) groups excluding carboxylic acids is 1. The summed E-state index contributed by atoms with van der Waals surface area (Å²) in [5.74, 6) is -0.224. The van der Waals surface area contributed by atoms with Crippen molar-refractivity contribution < 1.29 is 9.53 Å². The van der Waals surface area contributed by atoms with Crippen molar-refractivity contribution in [2.45, 2.75) is 13.3 Å². The van der Waals surface area contributed by atoms with E-state index in [9.17, 15) is 4.79 Å². The maximum absolute atomic E-state index is 10.4. The van der Waals surface area contributed by atoms with Crippen LogP contribution in [0.2, 0.25) is 0 Å². The summed E-state index contributed by atoms with van der Waals surface area (Å²) in [6.07, 6.45) is 4.77. The summed E-state index contributed by atoms with van der Waals surface area (Å²) in [4.78, 5) is 10.4. The fourth-order valence-electron chi connectivity index (χ4n) is 1.05. The first-order valence-corrected chi connectivity index (χ1v) is 4.64. The normalized spacial score (nSPS) is 10.4. The van der Waals surface area contributed by atoms with Crippen LogP contribution in [0.3, 0.4) is 0 Å². The van der Waals surface area contributed by atoms with Crippen molar-refractivity contribution in [3.8, 4) is 0 Å². The number of ether oxygens (including phenoxy) is 1. The van der Waals surface area contributed by atoms with Gasteiger partial charge < -0.3 is 4.74 Å². The summed E-state index contributed by atoms with van der Waals surface area (Å²) in [7, 11) is 0. The maximum atomic E-state index is 10.4. The topological polar surface area (TPSA) is 26.3 Å². The van der Waals surface area contributed by atoms with Crippen LogP contribution in [0, 0.1) is 0 Å². The Morgan fingerprint density at radius 1 is 1.36 bits per heavy atom. The monoisotopic (exact) mass is 190 g/mol. The maximum Gasteiger partial charge on any atom is 0.302 e. The second kappa shape index (κ2) is 5.97. The highest BCUT2D eigenvalue weighted by molar-refractivity contribution is 5.65. The van der Waals surface area contributed by atoms with E-state index in [4.69, 9.17) is 4.74 Å². The Hall–Kier alpha value is -1.57. The molecule has 0 atom stereocenters. The Kier molecular flexibility index (Phi) is 4.48. The molecule has 2 heteroatoms. The second-order valence-electron chi connectivity index (χ2n) is 2.94. The molecule has 0 bridgehead atoms. The predicted octanol–water partition coefficient (Wildman–Crippen LogP) is 2.65. The van der Waals surface area contributed by atoms with Crippen molar-refractivity contribution in [2.75, 3.05) is 6.61 Å². The van der Waals surface area contributed by atoms with Gasteiger partial charge in [-0.25, -0.2) is 0 Å². The third-order valence-corrected chi connectivity index (χ3v) is 1.70. The van der Waals surface area contributed by atoms with Crippen LogP contribution in [0.4, 0.5) is 0 Å². The fraction of sp³-hybridized carbons (Fsp3) is 0.250. The minimum absolute atomic E-state index is 0.224. The summed E-state index contributed by atoms with van der Waals surface area (Å²) in [5.41, 5.74) is 1.16. The van der Waals surface area contributed by atoms with Crippen LogP contribution in [0.25, 0.3) is 6.08 Å². The van der Waals surface area contributed by atoms with Crippen LogP contribution in [0.1, 0.15) is 18.9 Å². The standard InChI is InChI=1S/C12H14O2/c1-11(13)14-10-6-5-9-12-7-3-2-4-8-12/h2-5,7-9H,6,10H2,1H3/b9-5+. The molecule has 0 radical (unpaired) electrons. The van der Waals surface area contributed by atoms with Crippen molar-refractivity contribution in [1.29, 1.82) is 0 Å². The van der Waals surface area contributed by atoms with Crippen LogP contribution in [-0.2, 0) is 9.53 Å². The van der Waals surface area contributed by atoms with Gasteiger partial charge in [-0.2, -0.15) is 0 Å². The van der Waals surface area contributed by atoms with Crippen molar-refractivity contribution in [1.82, 2.24) is 0 Å². The average molecular weight is 190 g/mol. The number of hydrogen-bond acceptors (Lipinski definition) is 2. The minimum Gasteiger partial charge on any atom is -0.466 e. The summed E-state index contributed by atoms with van der Waals surface area (Å²) in [6, 6.07) is 10.0. The molecule has 0 heterocycles. The minimum atomic E-state index is -0.224. The number of esters is 1. The van der Waals surface area contributed by atoms with Crippen LogP contribution in [0.5, 0.6) is 0 Å². The quantitative estimate of drug-likeness (QED) is 0.539. The Bertz CT molecular complexity index is 301. The Morgan fingerprint density at radius 2 is 2.07 bits per heavy atom. The molecule has 0 aromatic heterocycles. The lowest BCUT2D eigenvalue weighted by molar-refractivity contribution is -0.140. The van der Waals surface area contributed by atoms with E-state index in [1.807, 2.05) is 42.5 Å². The van der Waals surface area contributed by atoms with Crippen molar-refractivity contribution >= 4 is 12.0 Å². The number of carbonyl (C=O) groups is 1. The van der Waals surface area contributed by atoms with Gasteiger partial charge in [-0.05, 0) is 12.0 Å². The van der Waals surface area contributed by atoms with Gasteiger partial charge >= 0.3 is 5.97 Å². The van der Waals surface area contributed by atoms with Gasteiger partial charge in [0.1, 0.15) is 0 Å². The molecule has 0 aliphatic rings. The van der Waals surface area contributed by atoms with Crippen molar-refractivity contribution in [2.24, 2.45) is 0 Å². The molecule has 14 heavy (non-hydrogen) atoms. The van der Waals surface area contributed by atoms with Gasteiger partial charge in [0.2, 0.25) is 0 Å². The molecule has 74 valence electrons. The van der Waals surface area contributed by atoms with Gasteiger partial charge in [0.25, 0.3) is 0 Å². The summed E-state index contributed by atoms with van der Waals surface area (Å²) >= 11 is 0. The zero-order valence-corrected chi connectivity index (χ0v) is 8.27. The van der Waals surface area contributed by atoms with E-state index in [1.165, 1.54) is 6.92 Å². The molecule has 0 N–H and O–H groups in total. The van der Waals surface area contributed by atoms with Crippen molar-refractivity contribution in [3.63, 3.8) is 0 Å². The Morgan fingerprint density at radius 3 is 2.71 bits per heavy atom. The van der Waals surface area contributed by atoms with Crippen LogP contribution < -0.4 is 0 Å². The first-order valence-electron chi connectivity index (χ1n) is 4.64. The van der Waals surface area contributed by atoms with Gasteiger partial charge in [0.05, 0.1) is 6.61 Å². The molecule has 1 aromatic rings. The van der Waals surface area contributed by atoms with Gasteiger partial charge in [0.15, 0.2) is 0 Å². The van der Waals surface area contributed by atoms with E-state index in [-0.39, 0.29) is 5.97 Å². The molecule has 0 fully saturated rings. The number of hydrogen-bond donors (Lipinski definition) is 0. The summed E-state index contributed by atoms with van der Waals surface area (Å²) in [6.45, 7) is 1.87. The molecule has 1 rings (SSSR count). The average Bonchev–Trinajstić information content (AvgIpc) is 2.18. The van der Waals surface area contributed by atoms with Gasteiger partial charge in [-0.1, -0.05) is 42.5 Å². The lowest BCUT2D eigenvalue weighted by atomic mass is 10.2. The van der Waals surface area contributed by atoms with E-state index >= 15 is 0 Å². The second-order valence-corrected chi connectivity index (χ2v) is 2.94. The van der Waals surface area contributed by atoms with Crippen molar-refractivity contribution in [3.05, 3.63) is 42.0 Å². The predicted molar refractivity (Wildman–Crippen MR) is 56.7 cm³/mol. The first kappa shape index (κ1) is 10.5. The van der Waals surface area contributed by atoms with Crippen LogP contribution >= 0.6 is 0 Å². The fourth-order valence-corrected chi connectivity index (χ4v) is 1.05. The zero-order chi connectivity index (χ0) is 10.2. The molecule has 0 saturated heterocycles. The highest BCUT2D eigenvalue weighted by Gasteiger charge is 1.88. The lowest BCUT2D eigenvalue weighted by Gasteiger charge is -1.96. The first-order chi connectivity index (χ1) is 6.79. The molecular weight excluding hydrogens is 176 g/mol. The summed E-state index contributed by atoms with van der Waals surface area (Å²) in [5, 5.41) is 0. The number of benzene rings is 1. The van der Waals surface area contributed by atoms with Gasteiger partial charge in [-0.15, -0.1) is 0 Å². The van der Waals surface area contributed by atoms with Gasteiger partial charge in [0, 0.05) is 6.92 Å². The highest BCUT2D eigenvalue weighted by Crippen LogP contribution is 2.01. The highest BCUT2D eigenvalue weighted by atomic mass is 16.5. The van der Waals surface area contributed by atoms with E-state index < -0.39 is 0 Å². The molecule has 0 aliphatic heterocycles. The zero-order valence-electron chi connectivity index (χ0n) is 8.27. The summed E-state index contributed by atoms with van der Waals surface area (Å²) < 4.78 is 4.79. The van der Waals surface area contributed by atoms with E-state index in [1.54, 1.807) is 0 Å². The SMILES string of the molecule is CC(=O)OCC/C=C/c1ccccc1.